The Balaban J connectivity index is 2.19. The van der Waals surface area contributed by atoms with Crippen LogP contribution in [0.15, 0.2) is 30.6 Å². The molecule has 0 amide bonds. The molecule has 0 aliphatic carbocycles. The van der Waals surface area contributed by atoms with E-state index >= 15 is 0 Å². The highest BCUT2D eigenvalue weighted by Gasteiger charge is 2.12. The number of aromatic nitrogens is 2. The van der Waals surface area contributed by atoms with Gasteiger partial charge in [0.2, 0.25) is 5.75 Å². The van der Waals surface area contributed by atoms with E-state index in [1.165, 1.54) is 19.0 Å². The molecule has 19 heavy (non-hydrogen) atoms. The Bertz CT molecular complexity index is 544. The van der Waals surface area contributed by atoms with Crippen LogP contribution in [0.5, 0.6) is 17.4 Å². The summed E-state index contributed by atoms with van der Waals surface area (Å²) in [5, 5.41) is 0.232. The lowest BCUT2D eigenvalue weighted by atomic mass is 10.1. The molecule has 0 radical (unpaired) electrons. The third kappa shape index (κ3) is 3.35. The largest absolute Gasteiger partial charge is 0.489 e. The van der Waals surface area contributed by atoms with Gasteiger partial charge in [0, 0.05) is 0 Å². The molecule has 0 atom stereocenters. The van der Waals surface area contributed by atoms with Crippen molar-refractivity contribution in [2.45, 2.75) is 19.8 Å². The fraction of sp³-hybridized carbons (Fsp3) is 0.286. The highest BCUT2D eigenvalue weighted by molar-refractivity contribution is 6.31. The van der Waals surface area contributed by atoms with Crippen molar-refractivity contribution in [1.82, 2.24) is 9.97 Å². The molecule has 2 aromatic rings. The minimum atomic E-state index is 0.232. The number of nitrogens with zero attached hydrogens (tertiary/aromatic N) is 2. The van der Waals surface area contributed by atoms with Crippen LogP contribution in [-0.2, 0) is 6.42 Å². The van der Waals surface area contributed by atoms with Crippen LogP contribution in [0.4, 0.5) is 0 Å². The third-order valence-electron chi connectivity index (χ3n) is 2.61. The molecule has 0 saturated carbocycles. The third-order valence-corrected chi connectivity index (χ3v) is 2.88. The highest BCUT2D eigenvalue weighted by Crippen LogP contribution is 2.33. The summed E-state index contributed by atoms with van der Waals surface area (Å²) < 4.78 is 10.8. The summed E-state index contributed by atoms with van der Waals surface area (Å²) in [6, 6.07) is 7.88. The summed E-state index contributed by atoms with van der Waals surface area (Å²) in [6.45, 7) is 2.15. The average molecular weight is 279 g/mol. The second kappa shape index (κ2) is 6.38. The number of aryl methyl sites for hydroxylation is 1. The number of benzene rings is 1. The zero-order valence-corrected chi connectivity index (χ0v) is 11.6. The van der Waals surface area contributed by atoms with E-state index in [1.807, 2.05) is 24.3 Å². The van der Waals surface area contributed by atoms with E-state index in [0.29, 0.717) is 17.4 Å². The molecule has 5 heteroatoms. The Labute approximate surface area is 117 Å². The predicted octanol–water partition coefficient (Wildman–Crippen LogP) is 3.88. The summed E-state index contributed by atoms with van der Waals surface area (Å²) in [5.41, 5.74) is 1.28. The van der Waals surface area contributed by atoms with Crippen molar-refractivity contribution in [2.75, 3.05) is 7.11 Å². The van der Waals surface area contributed by atoms with E-state index < -0.39 is 0 Å². The maximum absolute atomic E-state index is 5.91. The zero-order valence-electron chi connectivity index (χ0n) is 10.9. The van der Waals surface area contributed by atoms with Crippen LogP contribution < -0.4 is 9.47 Å². The predicted molar refractivity (Wildman–Crippen MR) is 74.1 cm³/mol. The minimum Gasteiger partial charge on any atom is -0.489 e. The van der Waals surface area contributed by atoms with Crippen LogP contribution >= 0.6 is 11.6 Å². The first-order valence-corrected chi connectivity index (χ1v) is 6.43. The highest BCUT2D eigenvalue weighted by atomic mass is 35.5. The second-order valence-electron chi connectivity index (χ2n) is 4.00. The second-order valence-corrected chi connectivity index (χ2v) is 4.36. The number of hydrogen-bond acceptors (Lipinski definition) is 4. The van der Waals surface area contributed by atoms with Gasteiger partial charge in [0.15, 0.2) is 5.15 Å². The first-order chi connectivity index (χ1) is 9.24. The van der Waals surface area contributed by atoms with Crippen molar-refractivity contribution in [3.8, 4) is 17.4 Å². The van der Waals surface area contributed by atoms with Gasteiger partial charge in [0.05, 0.1) is 7.11 Å². The molecule has 1 aromatic heterocycles. The van der Waals surface area contributed by atoms with Gasteiger partial charge in [-0.25, -0.2) is 4.98 Å². The molecule has 0 N–H and O–H groups in total. The Kier molecular flexibility index (Phi) is 4.58. The number of rotatable bonds is 5. The molecule has 4 nitrogen and oxygen atoms in total. The van der Waals surface area contributed by atoms with Crippen molar-refractivity contribution in [3.63, 3.8) is 0 Å². The molecule has 0 aliphatic rings. The van der Waals surface area contributed by atoms with Gasteiger partial charge in [0.25, 0.3) is 5.88 Å². The van der Waals surface area contributed by atoms with E-state index in [4.69, 9.17) is 21.1 Å². The number of ether oxygens (including phenoxy) is 2. The molecule has 0 aliphatic heterocycles. The van der Waals surface area contributed by atoms with Gasteiger partial charge in [-0.3, -0.25) is 0 Å². The van der Waals surface area contributed by atoms with E-state index in [2.05, 4.69) is 16.9 Å². The SMILES string of the molecule is CCCc1ccc(Oc2ncnc(Cl)c2OC)cc1. The molecule has 0 unspecified atom stereocenters. The summed E-state index contributed by atoms with van der Waals surface area (Å²) in [7, 11) is 1.50. The number of methoxy groups -OCH3 is 1. The van der Waals surface area contributed by atoms with Crippen molar-refractivity contribution in [2.24, 2.45) is 0 Å². The van der Waals surface area contributed by atoms with Crippen LogP contribution in [-0.4, -0.2) is 17.1 Å². The standard InChI is InChI=1S/C14H15ClN2O2/c1-3-4-10-5-7-11(8-6-10)19-14-12(18-2)13(15)16-9-17-14/h5-9H,3-4H2,1-2H3. The first kappa shape index (κ1) is 13.6. The van der Waals surface area contributed by atoms with Crippen molar-refractivity contribution >= 4 is 11.6 Å². The lowest BCUT2D eigenvalue weighted by Gasteiger charge is -2.09. The zero-order chi connectivity index (χ0) is 13.7. The lowest BCUT2D eigenvalue weighted by molar-refractivity contribution is 0.367. The summed E-state index contributed by atoms with van der Waals surface area (Å²) >= 11 is 5.91. The summed E-state index contributed by atoms with van der Waals surface area (Å²) in [6.07, 6.45) is 3.52. The van der Waals surface area contributed by atoms with Gasteiger partial charge >= 0.3 is 0 Å². The van der Waals surface area contributed by atoms with Gasteiger partial charge in [0.1, 0.15) is 12.1 Å². The van der Waals surface area contributed by atoms with Gasteiger partial charge in [-0.2, -0.15) is 4.98 Å². The van der Waals surface area contributed by atoms with Crippen LogP contribution in [0.2, 0.25) is 5.15 Å². The van der Waals surface area contributed by atoms with Gasteiger partial charge < -0.3 is 9.47 Å². The van der Waals surface area contributed by atoms with Crippen molar-refractivity contribution in [3.05, 3.63) is 41.3 Å². The van der Waals surface area contributed by atoms with Gasteiger partial charge in [-0.15, -0.1) is 0 Å². The molecule has 0 fully saturated rings. The molecule has 1 heterocycles. The van der Waals surface area contributed by atoms with E-state index in [-0.39, 0.29) is 5.15 Å². The first-order valence-electron chi connectivity index (χ1n) is 6.06. The summed E-state index contributed by atoms with van der Waals surface area (Å²) in [5.74, 6) is 1.33. The topological polar surface area (TPSA) is 44.2 Å². The molecule has 0 saturated heterocycles. The van der Waals surface area contributed by atoms with E-state index in [0.717, 1.165) is 12.8 Å². The molecule has 100 valence electrons. The normalized spacial score (nSPS) is 10.3. The Hall–Kier alpha value is -1.81. The molecular formula is C14H15ClN2O2. The fourth-order valence-corrected chi connectivity index (χ4v) is 1.91. The quantitative estimate of drug-likeness (QED) is 0.779. The molecule has 1 aromatic carbocycles. The minimum absolute atomic E-state index is 0.232. The molecular weight excluding hydrogens is 264 g/mol. The van der Waals surface area contributed by atoms with Crippen LogP contribution in [0.3, 0.4) is 0 Å². The Morgan fingerprint density at radius 1 is 1.16 bits per heavy atom. The molecule has 2 rings (SSSR count). The Morgan fingerprint density at radius 2 is 1.89 bits per heavy atom. The molecule has 0 bridgehead atoms. The monoisotopic (exact) mass is 278 g/mol. The van der Waals surface area contributed by atoms with Crippen LogP contribution in [0.25, 0.3) is 0 Å². The Morgan fingerprint density at radius 3 is 2.53 bits per heavy atom. The van der Waals surface area contributed by atoms with Gasteiger partial charge in [-0.1, -0.05) is 37.1 Å². The van der Waals surface area contributed by atoms with Crippen LogP contribution in [0, 0.1) is 0 Å². The maximum Gasteiger partial charge on any atom is 0.267 e. The summed E-state index contributed by atoms with van der Waals surface area (Å²) in [4.78, 5) is 7.86. The maximum atomic E-state index is 5.91. The smallest absolute Gasteiger partial charge is 0.267 e. The average Bonchev–Trinajstić information content (AvgIpc) is 2.42. The molecule has 0 spiro atoms. The number of halogens is 1. The lowest BCUT2D eigenvalue weighted by Crippen LogP contribution is -1.95. The number of hydrogen-bond donors (Lipinski definition) is 0. The van der Waals surface area contributed by atoms with Gasteiger partial charge in [-0.05, 0) is 24.1 Å². The van der Waals surface area contributed by atoms with Crippen molar-refractivity contribution < 1.29 is 9.47 Å². The van der Waals surface area contributed by atoms with E-state index in [9.17, 15) is 0 Å². The van der Waals surface area contributed by atoms with Crippen molar-refractivity contribution in [1.29, 1.82) is 0 Å². The van der Waals surface area contributed by atoms with E-state index in [1.54, 1.807) is 0 Å². The fourth-order valence-electron chi connectivity index (χ4n) is 1.71. The van der Waals surface area contributed by atoms with Crippen LogP contribution in [0.1, 0.15) is 18.9 Å².